The zero-order valence-electron chi connectivity index (χ0n) is 9.30. The number of aliphatic hydroxyl groups is 1. The van der Waals surface area contributed by atoms with Gasteiger partial charge < -0.3 is 9.84 Å². The lowest BCUT2D eigenvalue weighted by Gasteiger charge is -2.18. The standard InChI is InChI=1S/C13H16O3/c1-3-11(13(15)16-4-2)12(14)10-8-6-5-7-9-10/h3,5-9,11-12,14H,1,4H2,2H3. The number of carbonyl (C=O) groups is 1. The fourth-order valence-corrected chi connectivity index (χ4v) is 1.45. The fraction of sp³-hybridized carbons (Fsp3) is 0.308. The van der Waals surface area contributed by atoms with E-state index in [2.05, 4.69) is 6.58 Å². The Hall–Kier alpha value is -1.61. The number of carbonyl (C=O) groups excluding carboxylic acids is 1. The van der Waals surface area contributed by atoms with Gasteiger partial charge in [-0.2, -0.15) is 0 Å². The summed E-state index contributed by atoms with van der Waals surface area (Å²) in [5, 5.41) is 10.0. The maximum Gasteiger partial charge on any atom is 0.315 e. The van der Waals surface area contributed by atoms with Crippen molar-refractivity contribution in [2.75, 3.05) is 6.61 Å². The minimum Gasteiger partial charge on any atom is -0.465 e. The van der Waals surface area contributed by atoms with Crippen LogP contribution in [-0.2, 0) is 9.53 Å². The van der Waals surface area contributed by atoms with Gasteiger partial charge in [0.2, 0.25) is 0 Å². The fourth-order valence-electron chi connectivity index (χ4n) is 1.45. The summed E-state index contributed by atoms with van der Waals surface area (Å²) in [4.78, 5) is 11.5. The quantitative estimate of drug-likeness (QED) is 0.610. The van der Waals surface area contributed by atoms with Crippen LogP contribution in [0.15, 0.2) is 43.0 Å². The van der Waals surface area contributed by atoms with E-state index in [9.17, 15) is 9.90 Å². The van der Waals surface area contributed by atoms with Gasteiger partial charge in [-0.05, 0) is 12.5 Å². The molecule has 0 heterocycles. The smallest absolute Gasteiger partial charge is 0.315 e. The molecule has 0 aliphatic rings. The van der Waals surface area contributed by atoms with E-state index in [4.69, 9.17) is 4.74 Å². The molecule has 0 spiro atoms. The van der Waals surface area contributed by atoms with Crippen molar-refractivity contribution >= 4 is 5.97 Å². The summed E-state index contributed by atoms with van der Waals surface area (Å²) in [5.74, 6) is -1.17. The average Bonchev–Trinajstić information content (AvgIpc) is 2.31. The highest BCUT2D eigenvalue weighted by molar-refractivity contribution is 5.75. The van der Waals surface area contributed by atoms with Crippen molar-refractivity contribution in [3.8, 4) is 0 Å². The Morgan fingerprint density at radius 2 is 2.12 bits per heavy atom. The number of aliphatic hydroxyl groups excluding tert-OH is 1. The monoisotopic (exact) mass is 220 g/mol. The Kier molecular flexibility index (Phi) is 4.73. The van der Waals surface area contributed by atoms with Gasteiger partial charge in [0.15, 0.2) is 0 Å². The van der Waals surface area contributed by atoms with Crippen molar-refractivity contribution in [2.24, 2.45) is 5.92 Å². The van der Waals surface area contributed by atoms with Crippen LogP contribution in [0.25, 0.3) is 0 Å². The molecule has 0 aliphatic heterocycles. The highest BCUT2D eigenvalue weighted by Gasteiger charge is 2.26. The molecule has 0 bridgehead atoms. The van der Waals surface area contributed by atoms with Crippen LogP contribution in [0, 0.1) is 5.92 Å². The van der Waals surface area contributed by atoms with Gasteiger partial charge in [0, 0.05) is 0 Å². The second-order valence-electron chi connectivity index (χ2n) is 3.37. The lowest BCUT2D eigenvalue weighted by molar-refractivity contribution is -0.149. The Balaban J connectivity index is 2.81. The molecule has 0 aromatic heterocycles. The summed E-state index contributed by atoms with van der Waals surface area (Å²) in [6.45, 7) is 5.58. The van der Waals surface area contributed by atoms with E-state index in [1.165, 1.54) is 6.08 Å². The maximum absolute atomic E-state index is 11.5. The highest BCUT2D eigenvalue weighted by atomic mass is 16.5. The molecule has 0 fully saturated rings. The first-order chi connectivity index (χ1) is 7.70. The van der Waals surface area contributed by atoms with Crippen molar-refractivity contribution in [3.05, 3.63) is 48.6 Å². The van der Waals surface area contributed by atoms with Crippen molar-refractivity contribution in [1.82, 2.24) is 0 Å². The molecule has 0 radical (unpaired) electrons. The van der Waals surface area contributed by atoms with Crippen LogP contribution in [0.3, 0.4) is 0 Å². The lowest BCUT2D eigenvalue weighted by Crippen LogP contribution is -2.22. The van der Waals surface area contributed by atoms with Gasteiger partial charge in [0.05, 0.1) is 12.7 Å². The topological polar surface area (TPSA) is 46.5 Å². The van der Waals surface area contributed by atoms with Gasteiger partial charge in [-0.25, -0.2) is 0 Å². The van der Waals surface area contributed by atoms with Gasteiger partial charge in [0.1, 0.15) is 5.92 Å². The summed E-state index contributed by atoms with van der Waals surface area (Å²) in [6.07, 6.45) is 0.508. The van der Waals surface area contributed by atoms with Gasteiger partial charge in [-0.3, -0.25) is 4.79 Å². The molecule has 3 heteroatoms. The average molecular weight is 220 g/mol. The zero-order valence-corrected chi connectivity index (χ0v) is 9.30. The zero-order chi connectivity index (χ0) is 12.0. The van der Waals surface area contributed by atoms with E-state index in [-0.39, 0.29) is 0 Å². The molecular formula is C13H16O3. The Labute approximate surface area is 95.4 Å². The van der Waals surface area contributed by atoms with E-state index < -0.39 is 18.0 Å². The summed E-state index contributed by atoms with van der Waals surface area (Å²) < 4.78 is 4.87. The van der Waals surface area contributed by atoms with Crippen LogP contribution in [-0.4, -0.2) is 17.7 Å². The van der Waals surface area contributed by atoms with Crippen LogP contribution in [0.2, 0.25) is 0 Å². The largest absolute Gasteiger partial charge is 0.465 e. The minimum atomic E-state index is -0.905. The van der Waals surface area contributed by atoms with Crippen LogP contribution < -0.4 is 0 Å². The normalized spacial score (nSPS) is 13.9. The first-order valence-corrected chi connectivity index (χ1v) is 5.23. The number of hydrogen-bond donors (Lipinski definition) is 1. The predicted octanol–water partition coefficient (Wildman–Crippen LogP) is 2.09. The van der Waals surface area contributed by atoms with E-state index >= 15 is 0 Å². The van der Waals surface area contributed by atoms with Crippen LogP contribution in [0.4, 0.5) is 0 Å². The first kappa shape index (κ1) is 12.5. The molecule has 16 heavy (non-hydrogen) atoms. The molecule has 0 saturated carbocycles. The van der Waals surface area contributed by atoms with Crippen LogP contribution >= 0.6 is 0 Å². The Bertz CT molecular complexity index is 345. The SMILES string of the molecule is C=CC(C(=O)OCC)C(O)c1ccccc1. The number of esters is 1. The molecule has 0 saturated heterocycles. The highest BCUT2D eigenvalue weighted by Crippen LogP contribution is 2.23. The van der Waals surface area contributed by atoms with E-state index in [0.29, 0.717) is 12.2 Å². The summed E-state index contributed by atoms with van der Waals surface area (Å²) in [6, 6.07) is 9.00. The van der Waals surface area contributed by atoms with Crippen molar-refractivity contribution in [3.63, 3.8) is 0 Å². The predicted molar refractivity (Wildman–Crippen MR) is 61.7 cm³/mol. The van der Waals surface area contributed by atoms with E-state index in [1.807, 2.05) is 18.2 Å². The van der Waals surface area contributed by atoms with Crippen molar-refractivity contribution < 1.29 is 14.6 Å². The van der Waals surface area contributed by atoms with E-state index in [1.54, 1.807) is 19.1 Å². The third kappa shape index (κ3) is 2.94. The second-order valence-corrected chi connectivity index (χ2v) is 3.37. The van der Waals surface area contributed by atoms with Crippen molar-refractivity contribution in [1.29, 1.82) is 0 Å². The van der Waals surface area contributed by atoms with Crippen molar-refractivity contribution in [2.45, 2.75) is 13.0 Å². The molecule has 3 nitrogen and oxygen atoms in total. The lowest BCUT2D eigenvalue weighted by atomic mass is 9.96. The Morgan fingerprint density at radius 3 is 2.62 bits per heavy atom. The second kappa shape index (κ2) is 6.08. The Morgan fingerprint density at radius 1 is 1.50 bits per heavy atom. The number of benzene rings is 1. The van der Waals surface area contributed by atoms with E-state index in [0.717, 1.165) is 0 Å². The number of hydrogen-bond acceptors (Lipinski definition) is 3. The molecule has 1 aromatic carbocycles. The number of rotatable bonds is 5. The third-order valence-corrected chi connectivity index (χ3v) is 2.29. The summed E-state index contributed by atoms with van der Waals surface area (Å²) >= 11 is 0. The molecule has 86 valence electrons. The molecular weight excluding hydrogens is 204 g/mol. The molecule has 2 unspecified atom stereocenters. The summed E-state index contributed by atoms with van der Waals surface area (Å²) in [5.41, 5.74) is 0.681. The molecule has 0 aliphatic carbocycles. The van der Waals surface area contributed by atoms with Crippen LogP contribution in [0.1, 0.15) is 18.6 Å². The first-order valence-electron chi connectivity index (χ1n) is 5.23. The van der Waals surface area contributed by atoms with Gasteiger partial charge in [-0.1, -0.05) is 36.4 Å². The third-order valence-electron chi connectivity index (χ3n) is 2.29. The number of ether oxygens (including phenoxy) is 1. The minimum absolute atomic E-state index is 0.296. The van der Waals surface area contributed by atoms with Crippen LogP contribution in [0.5, 0.6) is 0 Å². The maximum atomic E-state index is 11.5. The molecule has 1 N–H and O–H groups in total. The molecule has 2 atom stereocenters. The molecule has 1 aromatic rings. The van der Waals surface area contributed by atoms with Gasteiger partial charge >= 0.3 is 5.97 Å². The van der Waals surface area contributed by atoms with Gasteiger partial charge in [0.25, 0.3) is 0 Å². The molecule has 0 amide bonds. The van der Waals surface area contributed by atoms with Gasteiger partial charge in [-0.15, -0.1) is 6.58 Å². The summed E-state index contributed by atoms with van der Waals surface area (Å²) in [7, 11) is 0. The molecule has 1 rings (SSSR count).